The number of hydrogen-bond acceptors (Lipinski definition) is 1. The summed E-state index contributed by atoms with van der Waals surface area (Å²) in [6.45, 7) is 3.16. The summed E-state index contributed by atoms with van der Waals surface area (Å²) in [5.74, 6) is -0.202. The lowest BCUT2D eigenvalue weighted by molar-refractivity contribution is 0.503. The Bertz CT molecular complexity index is 556. The quantitative estimate of drug-likeness (QED) is 0.760. The third kappa shape index (κ3) is 5.25. The summed E-state index contributed by atoms with van der Waals surface area (Å²) in [5.41, 5.74) is 2.46. The zero-order valence-corrected chi connectivity index (χ0v) is 13.9. The summed E-state index contributed by atoms with van der Waals surface area (Å²) in [7, 11) is 0. The van der Waals surface area contributed by atoms with Crippen LogP contribution >= 0.6 is 15.9 Å². The molecule has 21 heavy (non-hydrogen) atoms. The van der Waals surface area contributed by atoms with Crippen LogP contribution in [0.3, 0.4) is 0 Å². The molecule has 0 saturated heterocycles. The van der Waals surface area contributed by atoms with Gasteiger partial charge in [0.05, 0.1) is 0 Å². The summed E-state index contributed by atoms with van der Waals surface area (Å²) in [6, 6.07) is 15.8. The van der Waals surface area contributed by atoms with Crippen LogP contribution in [0.15, 0.2) is 53.0 Å². The van der Waals surface area contributed by atoms with Crippen LogP contribution in [0.1, 0.15) is 24.5 Å². The Balaban J connectivity index is 2.08. The van der Waals surface area contributed by atoms with Crippen LogP contribution in [0, 0.1) is 5.82 Å². The largest absolute Gasteiger partial charge is 0.313 e. The van der Waals surface area contributed by atoms with E-state index in [-0.39, 0.29) is 5.82 Å². The summed E-state index contributed by atoms with van der Waals surface area (Å²) >= 11 is 3.46. The molecule has 0 spiro atoms. The molecule has 1 atom stereocenters. The molecule has 0 heterocycles. The van der Waals surface area contributed by atoms with E-state index >= 15 is 0 Å². The zero-order chi connectivity index (χ0) is 15.1. The minimum atomic E-state index is -0.202. The van der Waals surface area contributed by atoms with Crippen LogP contribution < -0.4 is 5.32 Å². The number of benzene rings is 2. The van der Waals surface area contributed by atoms with Crippen molar-refractivity contribution in [3.63, 3.8) is 0 Å². The van der Waals surface area contributed by atoms with Crippen molar-refractivity contribution in [1.82, 2.24) is 5.32 Å². The van der Waals surface area contributed by atoms with Gasteiger partial charge in [0.2, 0.25) is 0 Å². The van der Waals surface area contributed by atoms with Crippen molar-refractivity contribution in [3.05, 3.63) is 69.9 Å². The van der Waals surface area contributed by atoms with E-state index in [1.54, 1.807) is 0 Å². The van der Waals surface area contributed by atoms with Crippen LogP contribution in [-0.4, -0.2) is 12.6 Å². The second-order valence-corrected chi connectivity index (χ2v) is 6.13. The standard InChI is InChI=1S/C18H21BrFN/c1-2-10-21-17(11-14-6-4-3-5-7-14)12-15-8-9-16(20)13-18(15)19/h3-9,13,17,21H,2,10-12H2,1H3. The van der Waals surface area contributed by atoms with Crippen LogP contribution in [0.2, 0.25) is 0 Å². The van der Waals surface area contributed by atoms with E-state index in [0.717, 1.165) is 35.8 Å². The Kier molecular flexibility index (Phi) is 6.40. The SMILES string of the molecule is CCCNC(Cc1ccccc1)Cc1ccc(F)cc1Br. The van der Waals surface area contributed by atoms with Gasteiger partial charge in [-0.05, 0) is 49.1 Å². The second-order valence-electron chi connectivity index (χ2n) is 5.28. The van der Waals surface area contributed by atoms with E-state index in [1.807, 2.05) is 12.1 Å². The number of nitrogens with one attached hydrogen (secondary N) is 1. The molecule has 0 fully saturated rings. The fourth-order valence-electron chi connectivity index (χ4n) is 2.42. The highest BCUT2D eigenvalue weighted by Gasteiger charge is 2.12. The van der Waals surface area contributed by atoms with E-state index in [9.17, 15) is 4.39 Å². The second kappa shape index (κ2) is 8.30. The fraction of sp³-hybridized carbons (Fsp3) is 0.333. The van der Waals surface area contributed by atoms with Gasteiger partial charge in [-0.25, -0.2) is 4.39 Å². The smallest absolute Gasteiger partial charge is 0.124 e. The molecular weight excluding hydrogens is 329 g/mol. The van der Waals surface area contributed by atoms with Gasteiger partial charge in [0.15, 0.2) is 0 Å². The average molecular weight is 350 g/mol. The molecule has 0 aliphatic carbocycles. The summed E-state index contributed by atoms with van der Waals surface area (Å²) in [6.07, 6.45) is 2.97. The molecule has 1 nitrogen and oxygen atoms in total. The molecule has 0 aliphatic rings. The van der Waals surface area contributed by atoms with E-state index in [2.05, 4.69) is 52.4 Å². The molecule has 0 saturated carbocycles. The van der Waals surface area contributed by atoms with Gasteiger partial charge in [-0.3, -0.25) is 0 Å². The number of hydrogen-bond donors (Lipinski definition) is 1. The van der Waals surface area contributed by atoms with Crippen molar-refractivity contribution in [2.24, 2.45) is 0 Å². The zero-order valence-electron chi connectivity index (χ0n) is 12.3. The Morgan fingerprint density at radius 1 is 1.10 bits per heavy atom. The van der Waals surface area contributed by atoms with Crippen molar-refractivity contribution >= 4 is 15.9 Å². The Hall–Kier alpha value is -1.19. The average Bonchev–Trinajstić information content (AvgIpc) is 2.48. The van der Waals surface area contributed by atoms with E-state index in [0.29, 0.717) is 6.04 Å². The van der Waals surface area contributed by atoms with Crippen molar-refractivity contribution < 1.29 is 4.39 Å². The molecule has 0 amide bonds. The van der Waals surface area contributed by atoms with Gasteiger partial charge in [-0.1, -0.05) is 59.3 Å². The molecule has 0 bridgehead atoms. The first-order valence-electron chi connectivity index (χ1n) is 7.40. The predicted octanol–water partition coefficient (Wildman–Crippen LogP) is 4.74. The van der Waals surface area contributed by atoms with Gasteiger partial charge >= 0.3 is 0 Å². The summed E-state index contributed by atoms with van der Waals surface area (Å²) in [5, 5.41) is 3.59. The normalized spacial score (nSPS) is 12.3. The highest BCUT2D eigenvalue weighted by Crippen LogP contribution is 2.20. The van der Waals surface area contributed by atoms with Gasteiger partial charge in [0.25, 0.3) is 0 Å². The Morgan fingerprint density at radius 2 is 1.86 bits per heavy atom. The van der Waals surface area contributed by atoms with Crippen molar-refractivity contribution in [1.29, 1.82) is 0 Å². The molecule has 2 aromatic rings. The lowest BCUT2D eigenvalue weighted by Gasteiger charge is -2.19. The first-order chi connectivity index (χ1) is 10.2. The number of halogens is 2. The molecule has 2 aromatic carbocycles. The minimum absolute atomic E-state index is 0.202. The topological polar surface area (TPSA) is 12.0 Å². The maximum atomic E-state index is 13.2. The molecule has 0 aliphatic heterocycles. The maximum absolute atomic E-state index is 13.2. The van der Waals surface area contributed by atoms with Gasteiger partial charge in [-0.15, -0.1) is 0 Å². The maximum Gasteiger partial charge on any atom is 0.124 e. The van der Waals surface area contributed by atoms with Gasteiger partial charge in [0, 0.05) is 10.5 Å². The first-order valence-corrected chi connectivity index (χ1v) is 8.19. The Labute approximate surface area is 134 Å². The highest BCUT2D eigenvalue weighted by atomic mass is 79.9. The molecule has 3 heteroatoms. The van der Waals surface area contributed by atoms with Crippen molar-refractivity contribution in [2.75, 3.05) is 6.54 Å². The monoisotopic (exact) mass is 349 g/mol. The lowest BCUT2D eigenvalue weighted by Crippen LogP contribution is -2.34. The van der Waals surface area contributed by atoms with E-state index in [1.165, 1.54) is 17.7 Å². The van der Waals surface area contributed by atoms with Crippen LogP contribution in [0.4, 0.5) is 4.39 Å². The van der Waals surface area contributed by atoms with Crippen LogP contribution in [0.25, 0.3) is 0 Å². The van der Waals surface area contributed by atoms with Crippen LogP contribution in [0.5, 0.6) is 0 Å². The number of rotatable bonds is 7. The lowest BCUT2D eigenvalue weighted by atomic mass is 9.99. The summed E-state index contributed by atoms with van der Waals surface area (Å²) < 4.78 is 14.0. The summed E-state index contributed by atoms with van der Waals surface area (Å²) in [4.78, 5) is 0. The highest BCUT2D eigenvalue weighted by molar-refractivity contribution is 9.10. The van der Waals surface area contributed by atoms with Crippen molar-refractivity contribution in [3.8, 4) is 0 Å². The van der Waals surface area contributed by atoms with Crippen LogP contribution in [-0.2, 0) is 12.8 Å². The fourth-order valence-corrected chi connectivity index (χ4v) is 2.93. The van der Waals surface area contributed by atoms with E-state index in [4.69, 9.17) is 0 Å². The molecule has 1 N–H and O–H groups in total. The van der Waals surface area contributed by atoms with Crippen molar-refractivity contribution in [2.45, 2.75) is 32.2 Å². The van der Waals surface area contributed by atoms with Gasteiger partial charge < -0.3 is 5.32 Å². The van der Waals surface area contributed by atoms with E-state index < -0.39 is 0 Å². The first kappa shape index (κ1) is 16.2. The molecular formula is C18H21BrFN. The third-order valence-electron chi connectivity index (χ3n) is 3.49. The molecule has 0 aromatic heterocycles. The molecule has 112 valence electrons. The minimum Gasteiger partial charge on any atom is -0.313 e. The predicted molar refractivity (Wildman–Crippen MR) is 90.0 cm³/mol. The van der Waals surface area contributed by atoms with Gasteiger partial charge in [0.1, 0.15) is 5.82 Å². The molecule has 2 rings (SSSR count). The van der Waals surface area contributed by atoms with Gasteiger partial charge in [-0.2, -0.15) is 0 Å². The Morgan fingerprint density at radius 3 is 2.52 bits per heavy atom. The molecule has 1 unspecified atom stereocenters. The molecule has 0 radical (unpaired) electrons. The third-order valence-corrected chi connectivity index (χ3v) is 4.23.